The second-order valence-corrected chi connectivity index (χ2v) is 11.4. The number of thioether (sulfide) groups is 1. The molecule has 3 aromatic carbocycles. The Hall–Kier alpha value is -2.71. The average Bonchev–Trinajstić information content (AvgIpc) is 3.19. The van der Waals surface area contributed by atoms with Crippen LogP contribution in [0.2, 0.25) is 10.0 Å². The third kappa shape index (κ3) is 4.29. The first-order valence-electron chi connectivity index (χ1n) is 9.88. The lowest BCUT2D eigenvalue weighted by atomic mass is 10.1. The number of amides is 1. The predicted octanol–water partition coefficient (Wildman–Crippen LogP) is 6.53. The smallest absolute Gasteiger partial charge is 0.262 e. The van der Waals surface area contributed by atoms with E-state index < -0.39 is 9.84 Å². The molecule has 0 radical (unpaired) electrons. The van der Waals surface area contributed by atoms with Gasteiger partial charge in [-0.3, -0.25) is 4.79 Å². The third-order valence-corrected chi connectivity index (χ3v) is 8.75. The quantitative estimate of drug-likeness (QED) is 0.303. The number of hydrogen-bond donors (Lipinski definition) is 2. The number of aromatic nitrogens is 1. The number of rotatable bonds is 4. The molecular weight excluding hydrogens is 499 g/mol. The number of hydrogen-bond acceptors (Lipinski definition) is 4. The minimum absolute atomic E-state index is 0.0854. The molecule has 0 atom stereocenters. The highest BCUT2D eigenvalue weighted by Crippen LogP contribution is 2.41. The highest BCUT2D eigenvalue weighted by atomic mass is 35.5. The van der Waals surface area contributed by atoms with Gasteiger partial charge in [0.1, 0.15) is 0 Å². The van der Waals surface area contributed by atoms with Gasteiger partial charge in [0.15, 0.2) is 9.84 Å². The molecule has 2 N–H and O–H groups in total. The van der Waals surface area contributed by atoms with Gasteiger partial charge in [0.25, 0.3) is 5.91 Å². The SMILES string of the molecule is O=C1Nc2cc(S(=O)(=O)Cc3c(Cl)cccc3Cl)ccc2SC1=Cc1c[nH]c2ccccc12. The highest BCUT2D eigenvalue weighted by Gasteiger charge is 2.25. The molecule has 2 heterocycles. The summed E-state index contributed by atoms with van der Waals surface area (Å²) in [5.41, 5.74) is 2.69. The van der Waals surface area contributed by atoms with E-state index in [1.54, 1.807) is 24.3 Å². The number of nitrogens with one attached hydrogen (secondary N) is 2. The number of para-hydroxylation sites is 1. The van der Waals surface area contributed by atoms with Crippen LogP contribution in [0.25, 0.3) is 17.0 Å². The van der Waals surface area contributed by atoms with Crippen LogP contribution < -0.4 is 5.32 Å². The molecule has 0 spiro atoms. The number of benzene rings is 3. The van der Waals surface area contributed by atoms with Crippen molar-refractivity contribution < 1.29 is 13.2 Å². The Labute approximate surface area is 204 Å². The van der Waals surface area contributed by atoms with Gasteiger partial charge in [-0.1, -0.05) is 59.2 Å². The van der Waals surface area contributed by atoms with E-state index in [0.717, 1.165) is 21.4 Å². The summed E-state index contributed by atoms with van der Waals surface area (Å²) in [6.45, 7) is 0. The lowest BCUT2D eigenvalue weighted by Gasteiger charge is -2.19. The molecule has 0 bridgehead atoms. The zero-order valence-corrected chi connectivity index (χ0v) is 20.1. The van der Waals surface area contributed by atoms with Crippen LogP contribution in [-0.2, 0) is 20.4 Å². The van der Waals surface area contributed by atoms with Crippen molar-refractivity contribution in [2.75, 3.05) is 5.32 Å². The summed E-state index contributed by atoms with van der Waals surface area (Å²) in [7, 11) is -3.74. The maximum atomic E-state index is 13.0. The van der Waals surface area contributed by atoms with E-state index in [1.165, 1.54) is 23.9 Å². The highest BCUT2D eigenvalue weighted by molar-refractivity contribution is 8.04. The van der Waals surface area contributed by atoms with Gasteiger partial charge >= 0.3 is 0 Å². The zero-order chi connectivity index (χ0) is 23.2. The van der Waals surface area contributed by atoms with Crippen LogP contribution in [-0.4, -0.2) is 19.3 Å². The lowest BCUT2D eigenvalue weighted by molar-refractivity contribution is -0.112. The molecule has 1 aliphatic heterocycles. The van der Waals surface area contributed by atoms with Gasteiger partial charge in [-0.15, -0.1) is 0 Å². The Morgan fingerprint density at radius 1 is 0.970 bits per heavy atom. The van der Waals surface area contributed by atoms with Crippen molar-refractivity contribution in [1.82, 2.24) is 4.98 Å². The molecule has 4 aromatic rings. The Morgan fingerprint density at radius 2 is 1.73 bits per heavy atom. The molecule has 0 saturated carbocycles. The average molecular weight is 515 g/mol. The minimum atomic E-state index is -3.74. The summed E-state index contributed by atoms with van der Waals surface area (Å²) >= 11 is 13.6. The second kappa shape index (κ2) is 8.57. The number of anilines is 1. The van der Waals surface area contributed by atoms with Crippen molar-refractivity contribution in [3.05, 3.63) is 92.9 Å². The molecule has 1 aliphatic rings. The number of halogens is 2. The van der Waals surface area contributed by atoms with Crippen molar-refractivity contribution in [2.45, 2.75) is 15.5 Å². The molecule has 0 saturated heterocycles. The van der Waals surface area contributed by atoms with E-state index >= 15 is 0 Å². The van der Waals surface area contributed by atoms with Gasteiger partial charge in [0, 0.05) is 43.2 Å². The van der Waals surface area contributed by atoms with E-state index in [-0.39, 0.29) is 16.6 Å². The minimum Gasteiger partial charge on any atom is -0.361 e. The summed E-state index contributed by atoms with van der Waals surface area (Å²) in [4.78, 5) is 17.3. The molecule has 5 rings (SSSR count). The van der Waals surface area contributed by atoms with Gasteiger partial charge < -0.3 is 10.3 Å². The van der Waals surface area contributed by atoms with Crippen LogP contribution in [0.15, 0.2) is 81.6 Å². The first kappa shape index (κ1) is 22.1. The fourth-order valence-electron chi connectivity index (χ4n) is 3.63. The van der Waals surface area contributed by atoms with Gasteiger partial charge in [-0.05, 0) is 42.5 Å². The van der Waals surface area contributed by atoms with Crippen LogP contribution in [0.4, 0.5) is 5.69 Å². The zero-order valence-electron chi connectivity index (χ0n) is 16.9. The summed E-state index contributed by atoms with van der Waals surface area (Å²) in [5.74, 6) is -0.627. The fraction of sp³-hybridized carbons (Fsp3) is 0.0417. The predicted molar refractivity (Wildman–Crippen MR) is 135 cm³/mol. The molecule has 5 nitrogen and oxygen atoms in total. The second-order valence-electron chi connectivity index (χ2n) is 7.47. The number of carbonyl (C=O) groups is 1. The molecule has 166 valence electrons. The van der Waals surface area contributed by atoms with Crippen LogP contribution in [0, 0.1) is 0 Å². The number of H-pyrrole nitrogens is 1. The molecule has 9 heteroatoms. The van der Waals surface area contributed by atoms with Crippen molar-refractivity contribution in [2.24, 2.45) is 0 Å². The largest absolute Gasteiger partial charge is 0.361 e. The molecule has 0 aliphatic carbocycles. The summed E-state index contributed by atoms with van der Waals surface area (Å²) in [5, 5.41) is 4.42. The lowest BCUT2D eigenvalue weighted by Crippen LogP contribution is -2.18. The maximum absolute atomic E-state index is 13.0. The standard InChI is InChI=1S/C24H16Cl2N2O3S2/c25-18-5-3-6-19(26)17(18)13-33(30,31)15-8-9-22-21(11-15)28-24(29)23(32-22)10-14-12-27-20-7-2-1-4-16(14)20/h1-12,27H,13H2,(H,28,29). The third-order valence-electron chi connectivity index (χ3n) is 5.31. The van der Waals surface area contributed by atoms with Crippen molar-refractivity contribution >= 4 is 73.4 Å². The first-order valence-corrected chi connectivity index (χ1v) is 13.1. The number of carbonyl (C=O) groups excluding carboxylic acids is 1. The van der Waals surface area contributed by atoms with E-state index in [4.69, 9.17) is 23.2 Å². The normalized spacial score (nSPS) is 15.0. The molecule has 1 aromatic heterocycles. The number of aromatic amines is 1. The van der Waals surface area contributed by atoms with E-state index in [0.29, 0.717) is 26.2 Å². The Kier molecular flexibility index (Phi) is 5.74. The van der Waals surface area contributed by atoms with Crippen LogP contribution >= 0.6 is 35.0 Å². The topological polar surface area (TPSA) is 79.0 Å². The fourth-order valence-corrected chi connectivity index (χ4v) is 6.67. The molecule has 0 unspecified atom stereocenters. The monoisotopic (exact) mass is 514 g/mol. The van der Waals surface area contributed by atoms with Crippen molar-refractivity contribution in [1.29, 1.82) is 0 Å². The summed E-state index contributed by atoms with van der Waals surface area (Å²) in [6, 6.07) is 17.4. The van der Waals surface area contributed by atoms with E-state index in [2.05, 4.69) is 10.3 Å². The maximum Gasteiger partial charge on any atom is 0.262 e. The number of fused-ring (bicyclic) bond motifs is 2. The number of sulfone groups is 1. The summed E-state index contributed by atoms with van der Waals surface area (Å²) < 4.78 is 26.0. The first-order chi connectivity index (χ1) is 15.8. The van der Waals surface area contributed by atoms with Gasteiger partial charge in [-0.2, -0.15) is 0 Å². The summed E-state index contributed by atoms with van der Waals surface area (Å²) in [6.07, 6.45) is 3.68. The van der Waals surface area contributed by atoms with Crippen LogP contribution in [0.1, 0.15) is 11.1 Å². The van der Waals surface area contributed by atoms with E-state index in [1.807, 2.05) is 36.5 Å². The molecule has 1 amide bonds. The van der Waals surface area contributed by atoms with Gasteiger partial charge in [0.05, 0.1) is 21.2 Å². The Balaban J connectivity index is 1.45. The molecule has 0 fully saturated rings. The Morgan fingerprint density at radius 3 is 2.52 bits per heavy atom. The van der Waals surface area contributed by atoms with Crippen LogP contribution in [0.5, 0.6) is 0 Å². The van der Waals surface area contributed by atoms with Crippen molar-refractivity contribution in [3.8, 4) is 0 Å². The van der Waals surface area contributed by atoms with E-state index in [9.17, 15) is 13.2 Å². The Bertz CT molecular complexity index is 1540. The van der Waals surface area contributed by atoms with Gasteiger partial charge in [-0.25, -0.2) is 8.42 Å². The van der Waals surface area contributed by atoms with Crippen LogP contribution in [0.3, 0.4) is 0 Å². The van der Waals surface area contributed by atoms with Gasteiger partial charge in [0.2, 0.25) is 0 Å². The molecular formula is C24H16Cl2N2O3S2. The molecule has 33 heavy (non-hydrogen) atoms. The van der Waals surface area contributed by atoms with Crippen molar-refractivity contribution in [3.63, 3.8) is 0 Å².